The van der Waals surface area contributed by atoms with E-state index in [2.05, 4.69) is 27.1 Å². The van der Waals surface area contributed by atoms with E-state index in [1.54, 1.807) is 6.20 Å². The van der Waals surface area contributed by atoms with Crippen molar-refractivity contribution in [3.8, 4) is 0 Å². The van der Waals surface area contributed by atoms with E-state index >= 15 is 0 Å². The first-order valence-corrected chi connectivity index (χ1v) is 9.19. The van der Waals surface area contributed by atoms with Gasteiger partial charge in [-0.3, -0.25) is 14.7 Å². The number of hydrogen-bond donors (Lipinski definition) is 0. The van der Waals surface area contributed by atoms with Crippen molar-refractivity contribution in [2.24, 2.45) is 5.41 Å². The molecule has 1 unspecified atom stereocenters. The number of carbonyl (C=O) groups is 1. The van der Waals surface area contributed by atoms with Gasteiger partial charge >= 0.3 is 0 Å². The van der Waals surface area contributed by atoms with Gasteiger partial charge in [-0.2, -0.15) is 4.98 Å². The molecule has 0 N–H and O–H groups in total. The Balaban J connectivity index is 1.43. The molecular weight excluding hydrogens is 330 g/mol. The Kier molecular flexibility index (Phi) is 4.26. The number of pyridine rings is 1. The lowest BCUT2D eigenvalue weighted by molar-refractivity contribution is 0.0592. The summed E-state index contributed by atoms with van der Waals surface area (Å²) >= 11 is 0. The van der Waals surface area contributed by atoms with Gasteiger partial charge in [-0.1, -0.05) is 5.16 Å². The highest BCUT2D eigenvalue weighted by molar-refractivity contribution is 5.95. The fourth-order valence-electron chi connectivity index (χ4n) is 4.44. The largest absolute Gasteiger partial charge is 0.340 e. The van der Waals surface area contributed by atoms with Crippen molar-refractivity contribution in [3.05, 3.63) is 41.3 Å². The van der Waals surface area contributed by atoms with Gasteiger partial charge < -0.3 is 9.42 Å². The summed E-state index contributed by atoms with van der Waals surface area (Å²) in [5.74, 6) is 1.50. The highest BCUT2D eigenvalue weighted by Crippen LogP contribution is 2.47. The summed E-state index contributed by atoms with van der Waals surface area (Å²) in [6, 6.07) is 3.90. The number of rotatable bonds is 2. The van der Waals surface area contributed by atoms with Crippen LogP contribution < -0.4 is 0 Å². The van der Waals surface area contributed by atoms with Crippen LogP contribution in [-0.2, 0) is 0 Å². The van der Waals surface area contributed by atoms with Gasteiger partial charge in [-0.05, 0) is 50.8 Å². The summed E-state index contributed by atoms with van der Waals surface area (Å²) in [7, 11) is 2.13. The second-order valence-electron chi connectivity index (χ2n) is 7.74. The lowest BCUT2D eigenvalue weighted by Crippen LogP contribution is -2.44. The Morgan fingerprint density at radius 2 is 2.08 bits per heavy atom. The Bertz CT molecular complexity index is 810. The van der Waals surface area contributed by atoms with Crippen molar-refractivity contribution in [1.29, 1.82) is 0 Å². The van der Waals surface area contributed by atoms with Crippen molar-refractivity contribution in [3.63, 3.8) is 0 Å². The minimum absolute atomic E-state index is 0.0992. The van der Waals surface area contributed by atoms with Gasteiger partial charge in [0.25, 0.3) is 5.91 Å². The third-order valence-corrected chi connectivity index (χ3v) is 5.93. The van der Waals surface area contributed by atoms with Gasteiger partial charge in [-0.25, -0.2) is 0 Å². The Morgan fingerprint density at radius 1 is 1.31 bits per heavy atom. The molecule has 4 heterocycles. The van der Waals surface area contributed by atoms with E-state index < -0.39 is 0 Å². The van der Waals surface area contributed by atoms with E-state index in [0.29, 0.717) is 11.5 Å². The van der Waals surface area contributed by atoms with Crippen LogP contribution in [0.25, 0.3) is 0 Å². The number of carbonyl (C=O) groups excluding carboxylic acids is 1. The van der Waals surface area contributed by atoms with E-state index in [1.807, 2.05) is 30.9 Å². The molecule has 0 bridgehead atoms. The highest BCUT2D eigenvalue weighted by Gasteiger charge is 2.46. The van der Waals surface area contributed by atoms with Crippen molar-refractivity contribution in [1.82, 2.24) is 24.9 Å². The number of amides is 1. The molecule has 0 aliphatic carbocycles. The summed E-state index contributed by atoms with van der Waals surface area (Å²) in [4.78, 5) is 25.8. The zero-order valence-corrected chi connectivity index (χ0v) is 15.6. The molecule has 2 aromatic heterocycles. The Morgan fingerprint density at radius 3 is 2.73 bits per heavy atom. The molecule has 2 aromatic rings. The van der Waals surface area contributed by atoms with Gasteiger partial charge in [0.15, 0.2) is 5.82 Å². The molecule has 1 spiro atoms. The van der Waals surface area contributed by atoms with Crippen LogP contribution in [0.1, 0.15) is 53.1 Å². The number of nitrogens with zero attached hydrogens (tertiary/aromatic N) is 5. The van der Waals surface area contributed by atoms with Crippen molar-refractivity contribution >= 4 is 5.91 Å². The molecule has 0 aromatic carbocycles. The van der Waals surface area contributed by atoms with E-state index in [-0.39, 0.29) is 17.4 Å². The normalized spacial score (nSPS) is 22.9. The van der Waals surface area contributed by atoms with Crippen molar-refractivity contribution in [2.75, 3.05) is 26.7 Å². The fraction of sp³-hybridized carbons (Fsp3) is 0.579. The van der Waals surface area contributed by atoms with Gasteiger partial charge in [-0.15, -0.1) is 0 Å². The summed E-state index contributed by atoms with van der Waals surface area (Å²) in [6.07, 6.45) is 4.77. The molecule has 2 fully saturated rings. The molecule has 0 saturated carbocycles. The average molecular weight is 355 g/mol. The maximum atomic E-state index is 12.8. The summed E-state index contributed by atoms with van der Waals surface area (Å²) in [5, 5.41) is 4.12. The average Bonchev–Trinajstić information content (AvgIpc) is 3.19. The molecule has 0 radical (unpaired) electrons. The van der Waals surface area contributed by atoms with Crippen LogP contribution in [0.4, 0.5) is 0 Å². The van der Waals surface area contributed by atoms with Crippen LogP contribution in [-0.4, -0.2) is 57.5 Å². The maximum Gasteiger partial charge on any atom is 0.255 e. The second kappa shape index (κ2) is 6.46. The highest BCUT2D eigenvalue weighted by atomic mass is 16.5. The standard InChI is InChI=1S/C19H25N5O2/c1-13-15(5-4-8-20-13)18(25)24-9-6-19(7-10-24)11-16(23(3)12-19)17-21-14(2)26-22-17/h4-5,8,16H,6-7,9-12H2,1-3H3. The maximum absolute atomic E-state index is 12.8. The van der Waals surface area contributed by atoms with E-state index in [0.717, 1.165) is 50.4 Å². The third kappa shape index (κ3) is 3.00. The molecule has 7 heteroatoms. The number of aromatic nitrogens is 3. The molecule has 1 amide bonds. The van der Waals surface area contributed by atoms with E-state index in [1.165, 1.54) is 0 Å². The second-order valence-corrected chi connectivity index (χ2v) is 7.74. The molecule has 2 aliphatic rings. The molecule has 4 rings (SSSR count). The zero-order chi connectivity index (χ0) is 18.3. The van der Waals surface area contributed by atoms with Crippen LogP contribution in [0.5, 0.6) is 0 Å². The van der Waals surface area contributed by atoms with E-state index in [4.69, 9.17) is 4.52 Å². The Labute approximate surface area is 153 Å². The lowest BCUT2D eigenvalue weighted by atomic mass is 9.76. The topological polar surface area (TPSA) is 75.4 Å². The van der Waals surface area contributed by atoms with Gasteiger partial charge in [0.05, 0.1) is 11.6 Å². The van der Waals surface area contributed by atoms with Crippen LogP contribution in [0.2, 0.25) is 0 Å². The first kappa shape index (κ1) is 17.1. The van der Waals surface area contributed by atoms with Gasteiger partial charge in [0, 0.05) is 38.4 Å². The van der Waals surface area contributed by atoms with E-state index in [9.17, 15) is 4.79 Å². The number of piperidine rings is 1. The predicted molar refractivity (Wildman–Crippen MR) is 95.6 cm³/mol. The third-order valence-electron chi connectivity index (χ3n) is 5.93. The quantitative estimate of drug-likeness (QED) is 0.823. The Hall–Kier alpha value is -2.28. The number of hydrogen-bond acceptors (Lipinski definition) is 6. The number of likely N-dealkylation sites (tertiary alicyclic amines) is 2. The minimum atomic E-state index is 0.0992. The molecule has 2 saturated heterocycles. The van der Waals surface area contributed by atoms with Crippen LogP contribution in [0, 0.1) is 19.3 Å². The monoisotopic (exact) mass is 355 g/mol. The van der Waals surface area contributed by atoms with Gasteiger partial charge in [0.2, 0.25) is 5.89 Å². The van der Waals surface area contributed by atoms with Crippen molar-refractivity contribution < 1.29 is 9.32 Å². The summed E-state index contributed by atoms with van der Waals surface area (Å²) < 4.78 is 5.16. The summed E-state index contributed by atoms with van der Waals surface area (Å²) in [6.45, 7) is 6.31. The molecule has 1 atom stereocenters. The van der Waals surface area contributed by atoms with Crippen LogP contribution >= 0.6 is 0 Å². The van der Waals surface area contributed by atoms with Crippen LogP contribution in [0.3, 0.4) is 0 Å². The lowest BCUT2D eigenvalue weighted by Gasteiger charge is -2.39. The first-order chi connectivity index (χ1) is 12.5. The molecule has 7 nitrogen and oxygen atoms in total. The molecule has 138 valence electrons. The smallest absolute Gasteiger partial charge is 0.255 e. The zero-order valence-electron chi connectivity index (χ0n) is 15.6. The summed E-state index contributed by atoms with van der Waals surface area (Å²) in [5.41, 5.74) is 1.74. The van der Waals surface area contributed by atoms with Gasteiger partial charge in [0.1, 0.15) is 0 Å². The van der Waals surface area contributed by atoms with Crippen molar-refractivity contribution in [2.45, 2.75) is 39.2 Å². The van der Waals surface area contributed by atoms with Crippen LogP contribution in [0.15, 0.2) is 22.9 Å². The first-order valence-electron chi connectivity index (χ1n) is 9.19. The number of aryl methyl sites for hydroxylation is 2. The minimum Gasteiger partial charge on any atom is -0.340 e. The molecule has 26 heavy (non-hydrogen) atoms. The fourth-order valence-corrected chi connectivity index (χ4v) is 4.44. The molecule has 2 aliphatic heterocycles. The SMILES string of the molecule is Cc1nc(C2CC3(CCN(C(=O)c4cccnc4C)CC3)CN2C)no1. The predicted octanol–water partition coefficient (Wildman–Crippen LogP) is 2.38. The molecular formula is C19H25N5O2.